The van der Waals surface area contributed by atoms with Crippen LogP contribution >= 0.6 is 0 Å². The van der Waals surface area contributed by atoms with Crippen molar-refractivity contribution in [2.45, 2.75) is 13.1 Å². The van der Waals surface area contributed by atoms with Crippen LogP contribution in [0.5, 0.6) is 0 Å². The fraction of sp³-hybridized carbons (Fsp3) is 0.231. The third-order valence-electron chi connectivity index (χ3n) is 2.95. The van der Waals surface area contributed by atoms with Gasteiger partial charge in [0, 0.05) is 32.0 Å². The summed E-state index contributed by atoms with van der Waals surface area (Å²) in [6.45, 7) is 1.49. The van der Waals surface area contributed by atoms with Crippen LogP contribution in [0.4, 0.5) is 0 Å². The van der Waals surface area contributed by atoms with Crippen LogP contribution in [-0.2, 0) is 20.1 Å². The average Bonchev–Trinajstić information content (AvgIpc) is 3.11. The normalized spacial score (nSPS) is 11.0. The molecule has 19 heavy (non-hydrogen) atoms. The molecule has 0 spiro atoms. The Morgan fingerprint density at radius 2 is 2.32 bits per heavy atom. The van der Waals surface area contributed by atoms with Gasteiger partial charge in [-0.25, -0.2) is 0 Å². The van der Waals surface area contributed by atoms with Gasteiger partial charge in [0.2, 0.25) is 0 Å². The van der Waals surface area contributed by atoms with E-state index in [1.807, 2.05) is 36.0 Å². The fourth-order valence-electron chi connectivity index (χ4n) is 1.90. The molecule has 0 saturated carbocycles. The summed E-state index contributed by atoms with van der Waals surface area (Å²) in [7, 11) is 1.93. The van der Waals surface area contributed by atoms with Gasteiger partial charge < -0.3 is 9.73 Å². The number of H-pyrrole nitrogens is 1. The van der Waals surface area contributed by atoms with Crippen LogP contribution < -0.4 is 5.32 Å². The number of furan rings is 1. The predicted octanol–water partition coefficient (Wildman–Crippen LogP) is 1.69. The van der Waals surface area contributed by atoms with E-state index in [0.29, 0.717) is 0 Å². The maximum absolute atomic E-state index is 5.30. The zero-order chi connectivity index (χ0) is 13.1. The summed E-state index contributed by atoms with van der Waals surface area (Å²) in [4.78, 5) is 0. The molecular formula is C13H15N5O. The molecule has 0 fully saturated rings. The number of hydrogen-bond acceptors (Lipinski definition) is 4. The third kappa shape index (κ3) is 2.58. The number of aromatic nitrogens is 4. The summed E-state index contributed by atoms with van der Waals surface area (Å²) in [5.41, 5.74) is 2.99. The number of hydrogen-bond donors (Lipinski definition) is 2. The van der Waals surface area contributed by atoms with E-state index in [2.05, 4.69) is 20.6 Å². The van der Waals surface area contributed by atoms with Crippen molar-refractivity contribution in [3.8, 4) is 11.5 Å². The Balaban J connectivity index is 1.58. The van der Waals surface area contributed by atoms with Gasteiger partial charge in [-0.1, -0.05) is 0 Å². The number of nitrogens with zero attached hydrogens (tertiary/aromatic N) is 3. The minimum absolute atomic E-state index is 0.721. The Kier molecular flexibility index (Phi) is 3.16. The van der Waals surface area contributed by atoms with Crippen LogP contribution in [0.15, 0.2) is 41.1 Å². The van der Waals surface area contributed by atoms with E-state index in [1.54, 1.807) is 12.5 Å². The van der Waals surface area contributed by atoms with Gasteiger partial charge in [-0.15, -0.1) is 0 Å². The van der Waals surface area contributed by atoms with E-state index < -0.39 is 0 Å². The quantitative estimate of drug-likeness (QED) is 0.729. The molecule has 2 N–H and O–H groups in total. The average molecular weight is 257 g/mol. The van der Waals surface area contributed by atoms with Crippen molar-refractivity contribution in [1.29, 1.82) is 0 Å². The summed E-state index contributed by atoms with van der Waals surface area (Å²) in [6, 6.07) is 7.72. The van der Waals surface area contributed by atoms with Crippen LogP contribution in [0.25, 0.3) is 11.5 Å². The molecule has 6 nitrogen and oxygen atoms in total. The monoisotopic (exact) mass is 257 g/mol. The molecule has 3 aromatic heterocycles. The van der Waals surface area contributed by atoms with Gasteiger partial charge >= 0.3 is 0 Å². The molecule has 3 rings (SSSR count). The van der Waals surface area contributed by atoms with Gasteiger partial charge in [-0.05, 0) is 24.3 Å². The van der Waals surface area contributed by atoms with Crippen molar-refractivity contribution in [2.75, 3.05) is 0 Å². The minimum atomic E-state index is 0.721. The topological polar surface area (TPSA) is 71.7 Å². The Hall–Kier alpha value is -2.34. The highest BCUT2D eigenvalue weighted by atomic mass is 16.3. The van der Waals surface area contributed by atoms with Crippen molar-refractivity contribution in [3.63, 3.8) is 0 Å². The Morgan fingerprint density at radius 1 is 1.37 bits per heavy atom. The summed E-state index contributed by atoms with van der Waals surface area (Å²) >= 11 is 0. The Morgan fingerprint density at radius 3 is 3.05 bits per heavy atom. The van der Waals surface area contributed by atoms with Crippen molar-refractivity contribution >= 4 is 0 Å². The molecule has 0 bridgehead atoms. The van der Waals surface area contributed by atoms with E-state index in [0.717, 1.165) is 35.9 Å². The highest BCUT2D eigenvalue weighted by Crippen LogP contribution is 2.17. The molecule has 0 atom stereocenters. The van der Waals surface area contributed by atoms with Gasteiger partial charge in [0.05, 0.1) is 12.0 Å². The van der Waals surface area contributed by atoms with Crippen molar-refractivity contribution in [3.05, 3.63) is 48.1 Å². The lowest BCUT2D eigenvalue weighted by Gasteiger charge is -2.03. The smallest absolute Gasteiger partial charge is 0.154 e. The highest BCUT2D eigenvalue weighted by molar-refractivity contribution is 5.51. The lowest BCUT2D eigenvalue weighted by molar-refractivity contribution is 0.580. The first-order valence-electron chi connectivity index (χ1n) is 6.08. The minimum Gasteiger partial charge on any atom is -0.463 e. The summed E-state index contributed by atoms with van der Waals surface area (Å²) < 4.78 is 7.15. The molecule has 0 aromatic carbocycles. The molecule has 0 saturated heterocycles. The van der Waals surface area contributed by atoms with Gasteiger partial charge in [-0.2, -0.15) is 10.2 Å². The maximum atomic E-state index is 5.30. The first kappa shape index (κ1) is 11.7. The van der Waals surface area contributed by atoms with Gasteiger partial charge in [-0.3, -0.25) is 9.78 Å². The second kappa shape index (κ2) is 5.11. The molecule has 6 heteroatoms. The largest absolute Gasteiger partial charge is 0.463 e. The van der Waals surface area contributed by atoms with Crippen LogP contribution in [-0.4, -0.2) is 20.0 Å². The number of aromatic amines is 1. The van der Waals surface area contributed by atoms with Gasteiger partial charge in [0.15, 0.2) is 5.76 Å². The lowest BCUT2D eigenvalue weighted by Crippen LogP contribution is -2.15. The summed E-state index contributed by atoms with van der Waals surface area (Å²) in [6.07, 6.45) is 3.44. The van der Waals surface area contributed by atoms with E-state index in [9.17, 15) is 0 Å². The first-order valence-corrected chi connectivity index (χ1v) is 6.08. The molecule has 0 radical (unpaired) electrons. The number of rotatable bonds is 5. The van der Waals surface area contributed by atoms with Gasteiger partial charge in [0.25, 0.3) is 0 Å². The van der Waals surface area contributed by atoms with Crippen LogP contribution in [0, 0.1) is 0 Å². The lowest BCUT2D eigenvalue weighted by atomic mass is 10.3. The Labute approximate surface area is 110 Å². The maximum Gasteiger partial charge on any atom is 0.154 e. The summed E-state index contributed by atoms with van der Waals surface area (Å²) in [5.74, 6) is 0.772. The standard InChI is InChI=1S/C13H15N5O/c1-18-11(4-5-15-18)9-14-8-10-7-12(17-16-10)13-3-2-6-19-13/h2-7,14H,8-9H2,1H3,(H,16,17). The van der Waals surface area contributed by atoms with E-state index in [1.165, 1.54) is 0 Å². The molecule has 0 aliphatic carbocycles. The van der Waals surface area contributed by atoms with Gasteiger partial charge in [0.1, 0.15) is 5.69 Å². The molecule has 3 heterocycles. The number of nitrogens with one attached hydrogen (secondary N) is 2. The van der Waals surface area contributed by atoms with Crippen LogP contribution in [0.1, 0.15) is 11.4 Å². The Bertz CT molecular complexity index is 638. The van der Waals surface area contributed by atoms with E-state index in [4.69, 9.17) is 4.42 Å². The molecule has 3 aromatic rings. The third-order valence-corrected chi connectivity index (χ3v) is 2.95. The molecule has 0 amide bonds. The second-order valence-electron chi connectivity index (χ2n) is 4.31. The molecular weight excluding hydrogens is 242 g/mol. The molecule has 0 unspecified atom stereocenters. The SMILES string of the molecule is Cn1nccc1CNCc1cc(-c2ccco2)n[nH]1. The van der Waals surface area contributed by atoms with Crippen LogP contribution in [0.2, 0.25) is 0 Å². The van der Waals surface area contributed by atoms with Crippen LogP contribution in [0.3, 0.4) is 0 Å². The second-order valence-corrected chi connectivity index (χ2v) is 4.31. The molecule has 0 aliphatic rings. The van der Waals surface area contributed by atoms with Crippen molar-refractivity contribution < 1.29 is 4.42 Å². The van der Waals surface area contributed by atoms with Crippen molar-refractivity contribution in [1.82, 2.24) is 25.3 Å². The highest BCUT2D eigenvalue weighted by Gasteiger charge is 2.06. The zero-order valence-electron chi connectivity index (χ0n) is 10.6. The zero-order valence-corrected chi connectivity index (χ0v) is 10.6. The van der Waals surface area contributed by atoms with E-state index in [-0.39, 0.29) is 0 Å². The summed E-state index contributed by atoms with van der Waals surface area (Å²) in [5, 5.41) is 14.7. The van der Waals surface area contributed by atoms with Crippen molar-refractivity contribution in [2.24, 2.45) is 7.05 Å². The number of aryl methyl sites for hydroxylation is 1. The first-order chi connectivity index (χ1) is 9.33. The molecule has 98 valence electrons. The molecule has 0 aliphatic heterocycles. The predicted molar refractivity (Wildman–Crippen MR) is 70.0 cm³/mol. The van der Waals surface area contributed by atoms with E-state index >= 15 is 0 Å². The fourth-order valence-corrected chi connectivity index (χ4v) is 1.90.